The number of nitrogens with two attached hydrogens (primary N) is 1. The first-order valence-electron chi connectivity index (χ1n) is 4.58. The number of carbonyl (C=O) groups excluding carboxylic acids is 1. The summed E-state index contributed by atoms with van der Waals surface area (Å²) in [6.07, 6.45) is 1.65. The van der Waals surface area contributed by atoms with Crippen LogP contribution >= 0.6 is 11.8 Å². The van der Waals surface area contributed by atoms with Gasteiger partial charge in [0, 0.05) is 20.4 Å². The second-order valence-electron chi connectivity index (χ2n) is 3.35. The van der Waals surface area contributed by atoms with Gasteiger partial charge in [0.1, 0.15) is 11.1 Å². The van der Waals surface area contributed by atoms with Crippen LogP contribution in [0.15, 0.2) is 11.4 Å². The van der Waals surface area contributed by atoms with Crippen molar-refractivity contribution < 1.29 is 14.7 Å². The number of hydrogen-bond acceptors (Lipinski definition) is 5. The first-order valence-corrected chi connectivity index (χ1v) is 5.40. The topological polar surface area (TPSA) is 98.2 Å². The molecule has 0 saturated carbocycles. The number of imidazole rings is 1. The molecule has 0 aromatic carbocycles. The highest BCUT2D eigenvalue weighted by Gasteiger charge is 2.18. The van der Waals surface area contributed by atoms with Gasteiger partial charge < -0.3 is 15.4 Å². The van der Waals surface area contributed by atoms with Gasteiger partial charge in [-0.25, -0.2) is 4.98 Å². The first kappa shape index (κ1) is 12.7. The van der Waals surface area contributed by atoms with Gasteiger partial charge in [-0.15, -0.1) is 0 Å². The smallest absolute Gasteiger partial charge is 0.320 e. The second kappa shape index (κ2) is 5.13. The van der Waals surface area contributed by atoms with Gasteiger partial charge in [0.2, 0.25) is 0 Å². The van der Waals surface area contributed by atoms with Gasteiger partial charge in [0.05, 0.1) is 12.0 Å². The molecule has 1 unspecified atom stereocenters. The number of aliphatic carboxylic acids is 1. The fourth-order valence-corrected chi connectivity index (χ4v) is 1.89. The number of thioether (sulfide) groups is 1. The van der Waals surface area contributed by atoms with Crippen LogP contribution in [0.2, 0.25) is 0 Å². The molecular formula is C9H13N3O3S. The number of carboxylic acid groups (broad SMARTS) is 1. The predicted octanol–water partition coefficient (Wildman–Crippen LogP) is 0.0131. The number of nitrogens with zero attached hydrogens (tertiary/aromatic N) is 2. The Hall–Kier alpha value is -1.34. The van der Waals surface area contributed by atoms with Crippen molar-refractivity contribution in [2.75, 3.05) is 0 Å². The van der Waals surface area contributed by atoms with E-state index < -0.39 is 12.0 Å². The number of aryl methyl sites for hydroxylation is 1. The van der Waals surface area contributed by atoms with Crippen molar-refractivity contribution in [1.29, 1.82) is 0 Å². The third-order valence-electron chi connectivity index (χ3n) is 1.92. The number of aromatic nitrogens is 2. The fraction of sp³-hybridized carbons (Fsp3) is 0.444. The molecule has 0 aliphatic carbocycles. The molecule has 1 aromatic heterocycles. The molecule has 0 amide bonds. The molecule has 3 N–H and O–H groups in total. The molecule has 6 nitrogen and oxygen atoms in total. The quantitative estimate of drug-likeness (QED) is 0.723. The summed E-state index contributed by atoms with van der Waals surface area (Å²) in [6.45, 7) is 1.44. The van der Waals surface area contributed by atoms with Crippen molar-refractivity contribution in [1.82, 2.24) is 9.55 Å². The third-order valence-corrected chi connectivity index (χ3v) is 2.93. The van der Waals surface area contributed by atoms with E-state index in [-0.39, 0.29) is 11.5 Å². The van der Waals surface area contributed by atoms with Crippen LogP contribution in [0.4, 0.5) is 0 Å². The van der Waals surface area contributed by atoms with Crippen LogP contribution in [0, 0.1) is 0 Å². The number of carboxylic acids is 1. The summed E-state index contributed by atoms with van der Waals surface area (Å²) in [5, 5.41) is 9.26. The summed E-state index contributed by atoms with van der Waals surface area (Å²) in [5.74, 6) is -1.08. The van der Waals surface area contributed by atoms with Gasteiger partial charge in [-0.1, -0.05) is 0 Å². The maximum Gasteiger partial charge on any atom is 0.320 e. The summed E-state index contributed by atoms with van der Waals surface area (Å²) in [4.78, 5) is 25.7. The molecule has 0 fully saturated rings. The first-order chi connectivity index (χ1) is 7.41. The number of rotatable bonds is 4. The zero-order valence-corrected chi connectivity index (χ0v) is 9.82. The van der Waals surface area contributed by atoms with E-state index in [4.69, 9.17) is 10.8 Å². The van der Waals surface area contributed by atoms with Gasteiger partial charge in [-0.2, -0.15) is 0 Å². The minimum absolute atomic E-state index is 0.0752. The molecule has 7 heteroatoms. The van der Waals surface area contributed by atoms with Crippen LogP contribution in [0.5, 0.6) is 0 Å². The molecule has 0 saturated heterocycles. The Morgan fingerprint density at radius 3 is 2.81 bits per heavy atom. The van der Waals surface area contributed by atoms with Crippen molar-refractivity contribution in [3.63, 3.8) is 0 Å². The monoisotopic (exact) mass is 243 g/mol. The average Bonchev–Trinajstić information content (AvgIpc) is 2.49. The van der Waals surface area contributed by atoms with E-state index in [2.05, 4.69) is 4.98 Å². The molecule has 0 aliphatic rings. The van der Waals surface area contributed by atoms with Crippen LogP contribution in [0.1, 0.15) is 12.6 Å². The SMILES string of the molecule is CC(=O)Sc1c(CC(N)C(=O)O)ncn1C. The highest BCUT2D eigenvalue weighted by molar-refractivity contribution is 8.13. The Morgan fingerprint density at radius 2 is 2.31 bits per heavy atom. The molecule has 0 bridgehead atoms. The van der Waals surface area contributed by atoms with Crippen LogP contribution in [-0.4, -0.2) is 31.8 Å². The minimum atomic E-state index is -1.08. The summed E-state index contributed by atoms with van der Waals surface area (Å²) >= 11 is 1.03. The molecule has 0 radical (unpaired) electrons. The van der Waals surface area contributed by atoms with Crippen molar-refractivity contribution >= 4 is 22.8 Å². The molecular weight excluding hydrogens is 230 g/mol. The van der Waals surface area contributed by atoms with Gasteiger partial charge >= 0.3 is 5.97 Å². The van der Waals surface area contributed by atoms with Crippen LogP contribution in [-0.2, 0) is 23.1 Å². The third kappa shape index (κ3) is 3.07. The minimum Gasteiger partial charge on any atom is -0.480 e. The van der Waals surface area contributed by atoms with E-state index in [1.54, 1.807) is 11.6 Å². The molecule has 1 aromatic rings. The van der Waals surface area contributed by atoms with E-state index in [1.165, 1.54) is 13.3 Å². The molecule has 1 atom stereocenters. The molecule has 1 heterocycles. The van der Waals surface area contributed by atoms with Crippen molar-refractivity contribution in [3.8, 4) is 0 Å². The van der Waals surface area contributed by atoms with Crippen molar-refractivity contribution in [2.24, 2.45) is 12.8 Å². The molecule has 0 spiro atoms. The number of hydrogen-bond donors (Lipinski definition) is 2. The van der Waals surface area contributed by atoms with Gasteiger partial charge in [0.15, 0.2) is 5.12 Å². The second-order valence-corrected chi connectivity index (χ2v) is 4.52. The van der Waals surface area contributed by atoms with E-state index in [1.807, 2.05) is 0 Å². The fourth-order valence-electron chi connectivity index (χ4n) is 1.17. The van der Waals surface area contributed by atoms with Crippen LogP contribution in [0.3, 0.4) is 0 Å². The maximum atomic E-state index is 11.0. The highest BCUT2D eigenvalue weighted by Crippen LogP contribution is 2.22. The van der Waals surface area contributed by atoms with E-state index in [9.17, 15) is 9.59 Å². The van der Waals surface area contributed by atoms with Gasteiger partial charge in [-0.3, -0.25) is 9.59 Å². The van der Waals surface area contributed by atoms with E-state index in [0.29, 0.717) is 10.7 Å². The predicted molar refractivity (Wildman–Crippen MR) is 59.1 cm³/mol. The average molecular weight is 243 g/mol. The Bertz CT molecular complexity index is 416. The van der Waals surface area contributed by atoms with E-state index >= 15 is 0 Å². The maximum absolute atomic E-state index is 11.0. The zero-order chi connectivity index (χ0) is 12.3. The lowest BCUT2D eigenvalue weighted by Crippen LogP contribution is -2.32. The standard InChI is InChI=1S/C9H13N3O3S/c1-5(13)16-8-7(11-4-12(8)2)3-6(10)9(14)15/h4,6H,3,10H2,1-2H3,(H,14,15). The lowest BCUT2D eigenvalue weighted by atomic mass is 10.2. The van der Waals surface area contributed by atoms with Crippen LogP contribution in [0.25, 0.3) is 0 Å². The largest absolute Gasteiger partial charge is 0.480 e. The lowest BCUT2D eigenvalue weighted by Gasteiger charge is -2.06. The summed E-state index contributed by atoms with van der Waals surface area (Å²) < 4.78 is 1.68. The Balaban J connectivity index is 2.88. The number of carbonyl (C=O) groups is 2. The summed E-state index contributed by atoms with van der Waals surface area (Å²) in [5.41, 5.74) is 5.95. The highest BCUT2D eigenvalue weighted by atomic mass is 32.2. The summed E-state index contributed by atoms with van der Waals surface area (Å²) in [6, 6.07) is -0.999. The zero-order valence-electron chi connectivity index (χ0n) is 9.01. The van der Waals surface area contributed by atoms with Crippen LogP contribution < -0.4 is 5.73 Å². The molecule has 16 heavy (non-hydrogen) atoms. The van der Waals surface area contributed by atoms with Gasteiger partial charge in [0.25, 0.3) is 0 Å². The van der Waals surface area contributed by atoms with E-state index in [0.717, 1.165) is 11.8 Å². The molecule has 0 aliphatic heterocycles. The molecule has 1 rings (SSSR count). The Morgan fingerprint density at radius 1 is 1.69 bits per heavy atom. The lowest BCUT2D eigenvalue weighted by molar-refractivity contribution is -0.138. The Kier molecular flexibility index (Phi) is 4.08. The Labute approximate surface area is 96.8 Å². The van der Waals surface area contributed by atoms with Crippen molar-refractivity contribution in [2.45, 2.75) is 24.4 Å². The van der Waals surface area contributed by atoms with Crippen molar-refractivity contribution in [3.05, 3.63) is 12.0 Å². The summed E-state index contributed by atoms with van der Waals surface area (Å²) in [7, 11) is 1.74. The molecule has 88 valence electrons. The normalized spacial score (nSPS) is 12.4. The van der Waals surface area contributed by atoms with Gasteiger partial charge in [-0.05, 0) is 11.8 Å².